The number of aryl methyl sites for hydroxylation is 2. The molecule has 0 fully saturated rings. The van der Waals surface area contributed by atoms with Crippen molar-refractivity contribution in [2.45, 2.75) is 37.2 Å². The Morgan fingerprint density at radius 3 is 2.16 bits per heavy atom. The third-order valence-electron chi connectivity index (χ3n) is 7.71. The number of nitrogens with zero attached hydrogens (tertiary/aromatic N) is 3. The van der Waals surface area contributed by atoms with E-state index in [1.54, 1.807) is 78.9 Å². The lowest BCUT2D eigenvalue weighted by Gasteiger charge is -2.30. The highest BCUT2D eigenvalue weighted by atomic mass is 35.5. The molecule has 5 rings (SSSR count). The summed E-state index contributed by atoms with van der Waals surface area (Å²) in [7, 11) is -4.35. The summed E-state index contributed by atoms with van der Waals surface area (Å²) in [5, 5.41) is 19.7. The minimum absolute atomic E-state index is 0.0560. The molecule has 4 aromatic carbocycles. The number of aliphatic carboxylic acids is 1. The molecule has 0 saturated carbocycles. The molecule has 1 atom stereocenters. The van der Waals surface area contributed by atoms with Gasteiger partial charge in [-0.3, -0.25) is 9.59 Å². The highest BCUT2D eigenvalue weighted by Crippen LogP contribution is 2.32. The Morgan fingerprint density at radius 1 is 0.867 bits per heavy atom. The summed E-state index contributed by atoms with van der Waals surface area (Å²) in [4.78, 5) is 26.1. The summed E-state index contributed by atoms with van der Waals surface area (Å²) in [6, 6.07) is 27.4. The number of carbonyl (C=O) groups is 1. The number of benzene rings is 4. The van der Waals surface area contributed by atoms with Crippen molar-refractivity contribution in [1.82, 2.24) is 15.0 Å². The van der Waals surface area contributed by atoms with Crippen LogP contribution < -0.4 is 10.3 Å². The van der Waals surface area contributed by atoms with Crippen LogP contribution in [0.3, 0.4) is 0 Å². The molecule has 0 aliphatic rings. The molecule has 0 aliphatic carbocycles. The van der Waals surface area contributed by atoms with E-state index in [1.165, 1.54) is 0 Å². The molecule has 12 heteroatoms. The third kappa shape index (κ3) is 7.19. The Kier molecular flexibility index (Phi) is 9.86. The molecule has 0 bridgehead atoms. The fraction of sp³-hybridized carbons (Fsp3) is 0.212. The van der Waals surface area contributed by atoms with Crippen molar-refractivity contribution in [3.05, 3.63) is 134 Å². The number of hydrogen-bond acceptors (Lipinski definition) is 7. The smallest absolute Gasteiger partial charge is 0.325 e. The molecule has 232 valence electrons. The van der Waals surface area contributed by atoms with E-state index >= 15 is 0 Å². The number of halogens is 2. The van der Waals surface area contributed by atoms with Crippen LogP contribution in [0.25, 0.3) is 10.9 Å². The average Bonchev–Trinajstić information content (AvgIpc) is 3.04. The monoisotopic (exact) mass is 665 g/mol. The maximum atomic E-state index is 14.1. The van der Waals surface area contributed by atoms with Crippen LogP contribution in [0.5, 0.6) is 5.75 Å². The zero-order valence-corrected chi connectivity index (χ0v) is 26.3. The van der Waals surface area contributed by atoms with E-state index in [4.69, 9.17) is 27.9 Å². The summed E-state index contributed by atoms with van der Waals surface area (Å²) in [6.45, 7) is -0.0225. The molecule has 45 heavy (non-hydrogen) atoms. The zero-order chi connectivity index (χ0) is 32.0. The van der Waals surface area contributed by atoms with E-state index in [1.807, 2.05) is 18.2 Å². The fourth-order valence-electron chi connectivity index (χ4n) is 5.05. The molecule has 0 amide bonds. The Balaban J connectivity index is 1.38. The van der Waals surface area contributed by atoms with Gasteiger partial charge in [0.1, 0.15) is 17.9 Å². The number of ether oxygens (including phenoxy) is 1. The summed E-state index contributed by atoms with van der Waals surface area (Å²) in [5.74, 6) is -1.42. The molecule has 0 spiro atoms. The van der Waals surface area contributed by atoms with Crippen molar-refractivity contribution >= 4 is 49.9 Å². The Labute approximate surface area is 269 Å². The van der Waals surface area contributed by atoms with Crippen LogP contribution >= 0.6 is 23.2 Å². The van der Waals surface area contributed by atoms with Crippen molar-refractivity contribution in [1.29, 1.82) is 0 Å². The molecule has 5 aromatic rings. The topological polar surface area (TPSA) is 128 Å². The van der Waals surface area contributed by atoms with Crippen molar-refractivity contribution in [2.24, 2.45) is 0 Å². The van der Waals surface area contributed by atoms with Gasteiger partial charge in [-0.05, 0) is 60.4 Å². The first-order chi connectivity index (χ1) is 21.6. The molecule has 1 aromatic heterocycles. The molecule has 1 heterocycles. The Morgan fingerprint density at radius 2 is 1.49 bits per heavy atom. The van der Waals surface area contributed by atoms with Crippen molar-refractivity contribution in [2.75, 3.05) is 5.75 Å². The molecule has 1 N–H and O–H groups in total. The van der Waals surface area contributed by atoms with E-state index in [2.05, 4.69) is 10.3 Å². The maximum Gasteiger partial charge on any atom is 0.325 e. The summed E-state index contributed by atoms with van der Waals surface area (Å²) < 4.78 is 32.7. The number of rotatable bonds is 13. The fourth-order valence-corrected chi connectivity index (χ4v) is 7.38. The van der Waals surface area contributed by atoms with Gasteiger partial charge in [-0.2, -0.15) is 0 Å². The van der Waals surface area contributed by atoms with Gasteiger partial charge in [0.05, 0.1) is 11.1 Å². The first kappa shape index (κ1) is 32.2. The molecular formula is C33H29Cl2N3O6S. The lowest BCUT2D eigenvalue weighted by atomic mass is 9.95. The van der Waals surface area contributed by atoms with Crippen LogP contribution in [0.1, 0.15) is 23.1 Å². The lowest BCUT2D eigenvalue weighted by Crippen LogP contribution is -2.51. The average molecular weight is 667 g/mol. The van der Waals surface area contributed by atoms with Gasteiger partial charge in [0, 0.05) is 28.6 Å². The van der Waals surface area contributed by atoms with Gasteiger partial charge >= 0.3 is 5.97 Å². The van der Waals surface area contributed by atoms with Gasteiger partial charge in [-0.1, -0.05) is 89.1 Å². The number of hydrogen-bond donors (Lipinski definition) is 1. The minimum atomic E-state index is -4.35. The normalized spacial score (nSPS) is 12.9. The second kappa shape index (κ2) is 13.8. The van der Waals surface area contributed by atoms with Crippen LogP contribution in [0, 0.1) is 0 Å². The largest absolute Gasteiger partial charge is 0.489 e. The SMILES string of the molecule is O=C(O)C(CCn1nnc2ccccc2c1=O)(Cc1ccccc1Cl)S(=O)(=O)CCc1ccc(OCc2ccccc2Cl)cc1. The number of fused-ring (bicyclic) bond motifs is 1. The van der Waals surface area contributed by atoms with Crippen LogP contribution in [0.2, 0.25) is 10.0 Å². The minimum Gasteiger partial charge on any atom is -0.489 e. The predicted octanol–water partition coefficient (Wildman–Crippen LogP) is 5.79. The van der Waals surface area contributed by atoms with Crippen LogP contribution in [-0.2, 0) is 40.6 Å². The van der Waals surface area contributed by atoms with Crippen LogP contribution in [0.4, 0.5) is 0 Å². The van der Waals surface area contributed by atoms with Gasteiger partial charge in [-0.25, -0.2) is 13.1 Å². The molecular weight excluding hydrogens is 637 g/mol. The van der Waals surface area contributed by atoms with Crippen molar-refractivity contribution < 1.29 is 23.1 Å². The first-order valence-electron chi connectivity index (χ1n) is 14.1. The van der Waals surface area contributed by atoms with Gasteiger partial charge in [0.25, 0.3) is 5.56 Å². The van der Waals surface area contributed by atoms with E-state index in [0.717, 1.165) is 10.2 Å². The van der Waals surface area contributed by atoms with Gasteiger partial charge < -0.3 is 9.84 Å². The number of aromatic nitrogens is 3. The van der Waals surface area contributed by atoms with E-state index in [9.17, 15) is 23.1 Å². The predicted molar refractivity (Wildman–Crippen MR) is 174 cm³/mol. The second-order valence-electron chi connectivity index (χ2n) is 10.5. The first-order valence-corrected chi connectivity index (χ1v) is 16.5. The standard InChI is InChI=1S/C33H29Cl2N3O6S/c34-28-10-4-1-7-24(28)21-33(32(40)41,18-19-38-31(39)27-9-3-6-12-30(27)36-37-38)45(42,43)20-17-23-13-15-26(16-14-23)44-22-25-8-2-5-11-29(25)35/h1-16H,17-22H2,(H,40,41). The van der Waals surface area contributed by atoms with E-state index in [0.29, 0.717) is 32.8 Å². The Bertz CT molecular complexity index is 2000. The van der Waals surface area contributed by atoms with Crippen LogP contribution in [-0.4, -0.2) is 45.0 Å². The number of sulfone groups is 1. The third-order valence-corrected chi connectivity index (χ3v) is 10.9. The van der Waals surface area contributed by atoms with Gasteiger partial charge in [-0.15, -0.1) is 5.10 Å². The zero-order valence-electron chi connectivity index (χ0n) is 24.0. The lowest BCUT2D eigenvalue weighted by molar-refractivity contribution is -0.140. The maximum absolute atomic E-state index is 14.1. The van der Waals surface area contributed by atoms with Gasteiger partial charge in [0.2, 0.25) is 0 Å². The molecule has 1 unspecified atom stereocenters. The Hall–Kier alpha value is -4.25. The second-order valence-corrected chi connectivity index (χ2v) is 13.8. The molecule has 9 nitrogen and oxygen atoms in total. The molecule has 0 radical (unpaired) electrons. The summed E-state index contributed by atoms with van der Waals surface area (Å²) in [6.07, 6.45) is -0.771. The van der Waals surface area contributed by atoms with Gasteiger partial charge in [0.15, 0.2) is 14.6 Å². The number of carboxylic acid groups (broad SMARTS) is 1. The molecule has 0 aliphatic heterocycles. The number of carboxylic acids is 1. The highest BCUT2D eigenvalue weighted by molar-refractivity contribution is 7.93. The summed E-state index contributed by atoms with van der Waals surface area (Å²) in [5.41, 5.74) is 1.76. The highest BCUT2D eigenvalue weighted by Gasteiger charge is 2.50. The van der Waals surface area contributed by atoms with E-state index < -0.39 is 44.7 Å². The summed E-state index contributed by atoms with van der Waals surface area (Å²) >= 11 is 12.6. The quantitative estimate of drug-likeness (QED) is 0.167. The van der Waals surface area contributed by atoms with Crippen molar-refractivity contribution in [3.8, 4) is 5.75 Å². The van der Waals surface area contributed by atoms with Crippen molar-refractivity contribution in [3.63, 3.8) is 0 Å². The molecule has 0 saturated heterocycles. The van der Waals surface area contributed by atoms with Crippen LogP contribution in [0.15, 0.2) is 102 Å². The van der Waals surface area contributed by atoms with E-state index in [-0.39, 0.29) is 24.6 Å².